The van der Waals surface area contributed by atoms with Crippen LogP contribution in [0.5, 0.6) is 0 Å². The Morgan fingerprint density at radius 3 is 2.75 bits per heavy atom. The quantitative estimate of drug-likeness (QED) is 0.926. The Morgan fingerprint density at radius 2 is 2.05 bits per heavy atom. The zero-order chi connectivity index (χ0) is 13.9. The highest BCUT2D eigenvalue weighted by Crippen LogP contribution is 2.16. The molecule has 1 aromatic heterocycles. The third-order valence-corrected chi connectivity index (χ3v) is 3.35. The Balaban J connectivity index is 1.73. The van der Waals surface area contributed by atoms with Gasteiger partial charge in [0.2, 0.25) is 5.89 Å². The second-order valence-electron chi connectivity index (χ2n) is 5.30. The van der Waals surface area contributed by atoms with Gasteiger partial charge in [0.1, 0.15) is 6.04 Å². The third kappa shape index (κ3) is 3.05. The van der Waals surface area contributed by atoms with E-state index < -0.39 is 0 Å². The largest absolute Gasteiger partial charge is 0.378 e. The van der Waals surface area contributed by atoms with Crippen molar-refractivity contribution in [3.05, 3.63) is 46.6 Å². The van der Waals surface area contributed by atoms with E-state index in [2.05, 4.69) is 47.5 Å². The van der Waals surface area contributed by atoms with Crippen molar-refractivity contribution in [1.82, 2.24) is 15.5 Å². The first kappa shape index (κ1) is 13.3. The molecule has 1 fully saturated rings. The number of nitrogens with zero attached hydrogens (tertiary/aromatic N) is 2. The molecule has 2 aromatic rings. The lowest BCUT2D eigenvalue weighted by molar-refractivity contribution is 0.0659. The van der Waals surface area contributed by atoms with Gasteiger partial charge in [0.15, 0.2) is 5.82 Å². The number of hydrogen-bond donors (Lipinski definition) is 1. The molecule has 0 radical (unpaired) electrons. The molecule has 1 unspecified atom stereocenters. The van der Waals surface area contributed by atoms with E-state index in [-0.39, 0.29) is 6.04 Å². The van der Waals surface area contributed by atoms with Crippen molar-refractivity contribution in [2.45, 2.75) is 26.3 Å². The number of aromatic nitrogens is 2. The number of aryl methyl sites for hydroxylation is 2. The van der Waals surface area contributed by atoms with E-state index in [1.54, 1.807) is 0 Å². The van der Waals surface area contributed by atoms with E-state index in [0.717, 1.165) is 19.0 Å². The molecular formula is C15H19N3O2. The molecule has 106 valence electrons. The number of rotatable bonds is 3. The summed E-state index contributed by atoms with van der Waals surface area (Å²) in [6, 6.07) is 6.49. The van der Waals surface area contributed by atoms with E-state index in [1.807, 2.05) is 0 Å². The molecule has 0 amide bonds. The summed E-state index contributed by atoms with van der Waals surface area (Å²) < 4.78 is 10.7. The summed E-state index contributed by atoms with van der Waals surface area (Å²) in [5, 5.41) is 7.37. The summed E-state index contributed by atoms with van der Waals surface area (Å²) in [6.45, 7) is 6.34. The highest BCUT2D eigenvalue weighted by atomic mass is 16.5. The first-order chi connectivity index (χ1) is 9.70. The molecule has 0 bridgehead atoms. The van der Waals surface area contributed by atoms with Gasteiger partial charge in [-0.25, -0.2) is 0 Å². The minimum atomic E-state index is 0.0178. The molecule has 0 spiro atoms. The van der Waals surface area contributed by atoms with Crippen LogP contribution in [-0.2, 0) is 11.2 Å². The normalized spacial score (nSPS) is 19.2. The predicted molar refractivity (Wildman–Crippen MR) is 74.6 cm³/mol. The molecule has 5 heteroatoms. The Labute approximate surface area is 118 Å². The average Bonchev–Trinajstić information content (AvgIpc) is 2.87. The molecule has 1 atom stereocenters. The Kier molecular flexibility index (Phi) is 3.80. The summed E-state index contributed by atoms with van der Waals surface area (Å²) in [5.74, 6) is 1.33. The summed E-state index contributed by atoms with van der Waals surface area (Å²) >= 11 is 0. The highest BCUT2D eigenvalue weighted by molar-refractivity contribution is 5.30. The van der Waals surface area contributed by atoms with Gasteiger partial charge in [-0.1, -0.05) is 34.5 Å². The van der Waals surface area contributed by atoms with Crippen LogP contribution >= 0.6 is 0 Å². The fraction of sp³-hybridized carbons (Fsp3) is 0.467. The Hall–Kier alpha value is -1.72. The number of morpholine rings is 1. The smallest absolute Gasteiger partial charge is 0.246 e. The van der Waals surface area contributed by atoms with Crippen LogP contribution in [0.2, 0.25) is 0 Å². The second kappa shape index (κ2) is 5.73. The molecule has 20 heavy (non-hydrogen) atoms. The molecule has 5 nitrogen and oxygen atoms in total. The van der Waals surface area contributed by atoms with Crippen LogP contribution in [0.15, 0.2) is 22.7 Å². The van der Waals surface area contributed by atoms with Gasteiger partial charge in [0.05, 0.1) is 13.2 Å². The predicted octanol–water partition coefficient (Wildman–Crippen LogP) is 1.94. The van der Waals surface area contributed by atoms with Gasteiger partial charge in [0, 0.05) is 13.0 Å². The summed E-state index contributed by atoms with van der Waals surface area (Å²) in [6.07, 6.45) is 0.694. The van der Waals surface area contributed by atoms with E-state index in [0.29, 0.717) is 18.9 Å². The van der Waals surface area contributed by atoms with Crippen molar-refractivity contribution in [2.75, 3.05) is 19.8 Å². The minimum Gasteiger partial charge on any atom is -0.378 e. The molecule has 1 aromatic carbocycles. The summed E-state index contributed by atoms with van der Waals surface area (Å²) in [7, 11) is 0. The van der Waals surface area contributed by atoms with Crippen LogP contribution < -0.4 is 5.32 Å². The van der Waals surface area contributed by atoms with Crippen molar-refractivity contribution in [2.24, 2.45) is 0 Å². The number of nitrogens with one attached hydrogen (secondary N) is 1. The molecular weight excluding hydrogens is 254 g/mol. The lowest BCUT2D eigenvalue weighted by Gasteiger charge is -2.20. The standard InChI is InChI=1S/C15H19N3O2/c1-10-5-11(2)7-12(6-10)8-14-17-15(20-18-14)13-9-19-4-3-16-13/h5-7,13,16H,3-4,8-9H2,1-2H3. The first-order valence-corrected chi connectivity index (χ1v) is 6.91. The maximum Gasteiger partial charge on any atom is 0.246 e. The Morgan fingerprint density at radius 1 is 1.25 bits per heavy atom. The topological polar surface area (TPSA) is 60.2 Å². The SMILES string of the molecule is Cc1cc(C)cc(Cc2noc(C3COCCN3)n2)c1. The Bertz CT molecular complexity index is 568. The maximum atomic E-state index is 5.41. The van der Waals surface area contributed by atoms with Gasteiger partial charge < -0.3 is 14.6 Å². The first-order valence-electron chi connectivity index (χ1n) is 6.91. The molecule has 3 rings (SSSR count). The molecule has 0 saturated carbocycles. The molecule has 1 saturated heterocycles. The van der Waals surface area contributed by atoms with E-state index in [4.69, 9.17) is 9.26 Å². The average molecular weight is 273 g/mol. The summed E-state index contributed by atoms with van der Waals surface area (Å²) in [4.78, 5) is 4.47. The van der Waals surface area contributed by atoms with Crippen LogP contribution in [0, 0.1) is 13.8 Å². The monoisotopic (exact) mass is 273 g/mol. The number of hydrogen-bond acceptors (Lipinski definition) is 5. The maximum absolute atomic E-state index is 5.41. The van der Waals surface area contributed by atoms with Gasteiger partial charge in [-0.3, -0.25) is 0 Å². The van der Waals surface area contributed by atoms with Crippen molar-refractivity contribution in [3.63, 3.8) is 0 Å². The van der Waals surface area contributed by atoms with Gasteiger partial charge in [-0.05, 0) is 19.4 Å². The minimum absolute atomic E-state index is 0.0178. The molecule has 1 N–H and O–H groups in total. The van der Waals surface area contributed by atoms with E-state index >= 15 is 0 Å². The van der Waals surface area contributed by atoms with Crippen LogP contribution in [0.4, 0.5) is 0 Å². The lowest BCUT2D eigenvalue weighted by atomic mass is 10.1. The fourth-order valence-corrected chi connectivity index (χ4v) is 2.56. The molecule has 1 aliphatic rings. The van der Waals surface area contributed by atoms with Crippen LogP contribution in [0.1, 0.15) is 34.4 Å². The highest BCUT2D eigenvalue weighted by Gasteiger charge is 2.21. The molecule has 2 heterocycles. The van der Waals surface area contributed by atoms with E-state index in [1.165, 1.54) is 16.7 Å². The van der Waals surface area contributed by atoms with Crippen molar-refractivity contribution < 1.29 is 9.26 Å². The second-order valence-corrected chi connectivity index (χ2v) is 5.30. The molecule has 0 aliphatic carbocycles. The van der Waals surface area contributed by atoms with Gasteiger partial charge in [0.25, 0.3) is 0 Å². The van der Waals surface area contributed by atoms with Crippen molar-refractivity contribution >= 4 is 0 Å². The zero-order valence-corrected chi connectivity index (χ0v) is 11.8. The number of ether oxygens (including phenoxy) is 1. The van der Waals surface area contributed by atoms with Gasteiger partial charge in [-0.2, -0.15) is 4.98 Å². The fourth-order valence-electron chi connectivity index (χ4n) is 2.56. The van der Waals surface area contributed by atoms with Crippen molar-refractivity contribution in [3.8, 4) is 0 Å². The third-order valence-electron chi connectivity index (χ3n) is 3.35. The van der Waals surface area contributed by atoms with Crippen molar-refractivity contribution in [1.29, 1.82) is 0 Å². The van der Waals surface area contributed by atoms with Crippen LogP contribution in [0.3, 0.4) is 0 Å². The lowest BCUT2D eigenvalue weighted by Crippen LogP contribution is -2.34. The number of benzene rings is 1. The molecule has 1 aliphatic heterocycles. The zero-order valence-electron chi connectivity index (χ0n) is 11.8. The van der Waals surface area contributed by atoms with Gasteiger partial charge >= 0.3 is 0 Å². The summed E-state index contributed by atoms with van der Waals surface area (Å²) in [5.41, 5.74) is 3.72. The van der Waals surface area contributed by atoms with E-state index in [9.17, 15) is 0 Å². The van der Waals surface area contributed by atoms with Crippen LogP contribution in [0.25, 0.3) is 0 Å². The van der Waals surface area contributed by atoms with Crippen LogP contribution in [-0.4, -0.2) is 29.9 Å². The van der Waals surface area contributed by atoms with Gasteiger partial charge in [-0.15, -0.1) is 0 Å².